The lowest BCUT2D eigenvalue weighted by atomic mass is 9.92. The zero-order chi connectivity index (χ0) is 12.8. The van der Waals surface area contributed by atoms with Crippen molar-refractivity contribution in [3.05, 3.63) is 34.9 Å². The third-order valence-electron chi connectivity index (χ3n) is 3.27. The van der Waals surface area contributed by atoms with E-state index in [0.29, 0.717) is 5.92 Å². The number of aryl methyl sites for hydroxylation is 2. The van der Waals surface area contributed by atoms with Gasteiger partial charge in [0.2, 0.25) is 0 Å². The Labute approximate surface area is 106 Å². The van der Waals surface area contributed by atoms with Gasteiger partial charge >= 0.3 is 0 Å². The van der Waals surface area contributed by atoms with Crippen LogP contribution in [0.1, 0.15) is 55.8 Å². The van der Waals surface area contributed by atoms with Crippen LogP contribution in [-0.2, 0) is 0 Å². The van der Waals surface area contributed by atoms with Crippen LogP contribution >= 0.6 is 0 Å². The summed E-state index contributed by atoms with van der Waals surface area (Å²) in [5.41, 5.74) is 6.89. The molecule has 1 rings (SSSR count). The molecule has 2 atom stereocenters. The standard InChI is InChI=1S/C15H26N2/c1-5-6-11(2)10-15(17-16)14-8-12(3)7-13(4)9-14/h7-9,11,15,17H,5-6,10,16H2,1-4H3. The smallest absolute Gasteiger partial charge is 0.0462 e. The highest BCUT2D eigenvalue weighted by Gasteiger charge is 2.14. The average molecular weight is 234 g/mol. The van der Waals surface area contributed by atoms with Gasteiger partial charge in [-0.15, -0.1) is 0 Å². The van der Waals surface area contributed by atoms with Gasteiger partial charge in [-0.2, -0.15) is 0 Å². The highest BCUT2D eigenvalue weighted by atomic mass is 15.2. The summed E-state index contributed by atoms with van der Waals surface area (Å²) >= 11 is 0. The number of hydrogen-bond donors (Lipinski definition) is 2. The van der Waals surface area contributed by atoms with Crippen molar-refractivity contribution in [3.63, 3.8) is 0 Å². The summed E-state index contributed by atoms with van der Waals surface area (Å²) in [6.07, 6.45) is 3.61. The lowest BCUT2D eigenvalue weighted by Gasteiger charge is -2.21. The topological polar surface area (TPSA) is 38.0 Å². The summed E-state index contributed by atoms with van der Waals surface area (Å²) < 4.78 is 0. The lowest BCUT2D eigenvalue weighted by Crippen LogP contribution is -2.29. The molecule has 0 heterocycles. The van der Waals surface area contributed by atoms with Crippen LogP contribution in [0.25, 0.3) is 0 Å². The molecule has 0 spiro atoms. The predicted octanol–water partition coefficient (Wildman–Crippen LogP) is 3.63. The van der Waals surface area contributed by atoms with E-state index in [0.717, 1.165) is 6.42 Å². The normalized spacial score (nSPS) is 14.6. The molecular weight excluding hydrogens is 208 g/mol. The zero-order valence-corrected chi connectivity index (χ0v) is 11.6. The highest BCUT2D eigenvalue weighted by molar-refractivity contribution is 5.30. The zero-order valence-electron chi connectivity index (χ0n) is 11.6. The molecular formula is C15H26N2. The van der Waals surface area contributed by atoms with Gasteiger partial charge in [-0.3, -0.25) is 11.3 Å². The molecule has 2 unspecified atom stereocenters. The van der Waals surface area contributed by atoms with Crippen molar-refractivity contribution < 1.29 is 0 Å². The fourth-order valence-electron chi connectivity index (χ4n) is 2.52. The molecule has 2 nitrogen and oxygen atoms in total. The second-order valence-electron chi connectivity index (χ2n) is 5.27. The first-order valence-corrected chi connectivity index (χ1v) is 6.61. The fourth-order valence-corrected chi connectivity index (χ4v) is 2.52. The van der Waals surface area contributed by atoms with Gasteiger partial charge in [-0.05, 0) is 31.7 Å². The first-order chi connectivity index (χ1) is 8.06. The van der Waals surface area contributed by atoms with E-state index in [1.54, 1.807) is 0 Å². The van der Waals surface area contributed by atoms with E-state index in [1.165, 1.54) is 29.5 Å². The summed E-state index contributed by atoms with van der Waals surface area (Å²) in [6.45, 7) is 8.81. The van der Waals surface area contributed by atoms with Gasteiger partial charge in [0.05, 0.1) is 0 Å². The Bertz CT molecular complexity index is 327. The largest absolute Gasteiger partial charge is 0.271 e. The molecule has 0 aromatic heterocycles. The third kappa shape index (κ3) is 4.49. The van der Waals surface area contributed by atoms with E-state index in [9.17, 15) is 0 Å². The average Bonchev–Trinajstić information content (AvgIpc) is 2.24. The molecule has 0 aliphatic rings. The minimum absolute atomic E-state index is 0.273. The minimum atomic E-state index is 0.273. The Morgan fingerprint density at radius 1 is 1.18 bits per heavy atom. The fraction of sp³-hybridized carbons (Fsp3) is 0.600. The molecule has 1 aromatic rings. The van der Waals surface area contributed by atoms with Crippen molar-refractivity contribution in [2.45, 2.75) is 53.0 Å². The van der Waals surface area contributed by atoms with Crippen molar-refractivity contribution in [2.24, 2.45) is 11.8 Å². The van der Waals surface area contributed by atoms with Crippen LogP contribution < -0.4 is 11.3 Å². The second kappa shape index (κ2) is 6.77. The quantitative estimate of drug-likeness (QED) is 0.582. The third-order valence-corrected chi connectivity index (χ3v) is 3.27. The minimum Gasteiger partial charge on any atom is -0.271 e. The molecule has 17 heavy (non-hydrogen) atoms. The Kier molecular flexibility index (Phi) is 5.66. The van der Waals surface area contributed by atoms with Gasteiger partial charge in [0, 0.05) is 6.04 Å². The van der Waals surface area contributed by atoms with E-state index in [2.05, 4.69) is 51.3 Å². The number of benzene rings is 1. The molecule has 0 aliphatic carbocycles. The molecule has 0 bridgehead atoms. The first-order valence-electron chi connectivity index (χ1n) is 6.61. The van der Waals surface area contributed by atoms with Gasteiger partial charge in [0.25, 0.3) is 0 Å². The summed E-state index contributed by atoms with van der Waals surface area (Å²) in [6, 6.07) is 6.94. The van der Waals surface area contributed by atoms with Crippen LogP contribution in [0.4, 0.5) is 0 Å². The summed E-state index contributed by atoms with van der Waals surface area (Å²) in [5, 5.41) is 0. The van der Waals surface area contributed by atoms with Crippen molar-refractivity contribution in [1.29, 1.82) is 0 Å². The summed E-state index contributed by atoms with van der Waals surface area (Å²) in [5.74, 6) is 6.41. The molecule has 0 aliphatic heterocycles. The van der Waals surface area contributed by atoms with Crippen LogP contribution in [0.2, 0.25) is 0 Å². The Morgan fingerprint density at radius 2 is 1.76 bits per heavy atom. The van der Waals surface area contributed by atoms with Crippen molar-refractivity contribution in [1.82, 2.24) is 5.43 Å². The lowest BCUT2D eigenvalue weighted by molar-refractivity contribution is 0.394. The maximum absolute atomic E-state index is 5.70. The summed E-state index contributed by atoms with van der Waals surface area (Å²) in [7, 11) is 0. The van der Waals surface area contributed by atoms with Crippen LogP contribution in [-0.4, -0.2) is 0 Å². The Morgan fingerprint density at radius 3 is 2.24 bits per heavy atom. The molecule has 0 radical (unpaired) electrons. The van der Waals surface area contributed by atoms with Crippen molar-refractivity contribution in [3.8, 4) is 0 Å². The summed E-state index contributed by atoms with van der Waals surface area (Å²) in [4.78, 5) is 0. The van der Waals surface area contributed by atoms with E-state index in [4.69, 9.17) is 5.84 Å². The molecule has 0 fully saturated rings. The van der Waals surface area contributed by atoms with Crippen molar-refractivity contribution >= 4 is 0 Å². The monoisotopic (exact) mass is 234 g/mol. The van der Waals surface area contributed by atoms with Gasteiger partial charge < -0.3 is 0 Å². The molecule has 96 valence electrons. The van der Waals surface area contributed by atoms with Crippen LogP contribution in [0, 0.1) is 19.8 Å². The number of nitrogens with one attached hydrogen (secondary N) is 1. The van der Waals surface area contributed by atoms with E-state index in [-0.39, 0.29) is 6.04 Å². The maximum atomic E-state index is 5.70. The van der Waals surface area contributed by atoms with Gasteiger partial charge in [0.1, 0.15) is 0 Å². The molecule has 1 aromatic carbocycles. The number of hydrogen-bond acceptors (Lipinski definition) is 2. The second-order valence-corrected chi connectivity index (χ2v) is 5.27. The van der Waals surface area contributed by atoms with Gasteiger partial charge in [-0.1, -0.05) is 56.0 Å². The molecule has 0 saturated heterocycles. The van der Waals surface area contributed by atoms with Gasteiger partial charge in [-0.25, -0.2) is 0 Å². The highest BCUT2D eigenvalue weighted by Crippen LogP contribution is 2.24. The SMILES string of the molecule is CCCC(C)CC(NN)c1cc(C)cc(C)c1. The van der Waals surface area contributed by atoms with Gasteiger partial charge in [0.15, 0.2) is 0 Å². The van der Waals surface area contributed by atoms with Crippen LogP contribution in [0.5, 0.6) is 0 Å². The van der Waals surface area contributed by atoms with Crippen LogP contribution in [0.3, 0.4) is 0 Å². The number of hydrazine groups is 1. The molecule has 0 amide bonds. The van der Waals surface area contributed by atoms with Crippen LogP contribution in [0.15, 0.2) is 18.2 Å². The molecule has 3 N–H and O–H groups in total. The van der Waals surface area contributed by atoms with Crippen molar-refractivity contribution in [2.75, 3.05) is 0 Å². The molecule has 0 saturated carbocycles. The van der Waals surface area contributed by atoms with E-state index < -0.39 is 0 Å². The molecule has 2 heteroatoms. The Hall–Kier alpha value is -0.860. The first kappa shape index (κ1) is 14.2. The number of nitrogens with two attached hydrogens (primary N) is 1. The predicted molar refractivity (Wildman–Crippen MR) is 74.7 cm³/mol. The maximum Gasteiger partial charge on any atom is 0.0462 e. The van der Waals surface area contributed by atoms with E-state index >= 15 is 0 Å². The number of rotatable bonds is 6. The Balaban J connectivity index is 2.78. The van der Waals surface area contributed by atoms with E-state index in [1.807, 2.05) is 0 Å².